The van der Waals surface area contributed by atoms with Crippen molar-refractivity contribution >= 4 is 22.2 Å². The molecule has 5 rings (SSSR count). The van der Waals surface area contributed by atoms with Gasteiger partial charge in [-0.25, -0.2) is 4.79 Å². The van der Waals surface area contributed by atoms with Gasteiger partial charge in [0, 0.05) is 12.5 Å². The molecule has 0 fully saturated rings. The minimum atomic E-state index is -4.04. The van der Waals surface area contributed by atoms with Crippen LogP contribution in [0.25, 0.3) is 11.1 Å². The molecule has 0 spiro atoms. The lowest BCUT2D eigenvalue weighted by atomic mass is 9.98. The number of hydrogen-bond donors (Lipinski definition) is 1. The fourth-order valence-electron chi connectivity index (χ4n) is 5.18. The Morgan fingerprint density at radius 2 is 1.39 bits per heavy atom. The highest BCUT2D eigenvalue weighted by Gasteiger charge is 2.30. The number of benzene rings is 4. The number of esters is 1. The lowest BCUT2D eigenvalue weighted by Crippen LogP contribution is -2.36. The quantitative estimate of drug-likeness (QED) is 0.165. The van der Waals surface area contributed by atoms with Crippen LogP contribution >= 0.6 is 0 Å². The Bertz CT molecular complexity index is 1710. The van der Waals surface area contributed by atoms with Crippen molar-refractivity contribution in [2.24, 2.45) is 0 Å². The van der Waals surface area contributed by atoms with Crippen molar-refractivity contribution in [1.29, 1.82) is 0 Å². The summed E-state index contributed by atoms with van der Waals surface area (Å²) in [6.45, 7) is 7.18. The van der Waals surface area contributed by atoms with E-state index in [1.165, 1.54) is 24.3 Å². The summed E-state index contributed by atoms with van der Waals surface area (Å²) >= 11 is 0. The number of nitrogens with one attached hydrogen (secondary N) is 1. The first kappa shape index (κ1) is 30.8. The van der Waals surface area contributed by atoms with Gasteiger partial charge in [-0.1, -0.05) is 78.4 Å². The Labute approximate surface area is 258 Å². The molecule has 8 nitrogen and oxygen atoms in total. The number of fused-ring (bicyclic) bond motifs is 3. The molecule has 1 amide bonds. The number of rotatable bonds is 9. The monoisotopic (exact) mass is 613 g/mol. The Balaban J connectivity index is 1.26. The maximum absolute atomic E-state index is 13.2. The van der Waals surface area contributed by atoms with Gasteiger partial charge in [0.05, 0.1) is 5.92 Å². The number of amides is 1. The number of aryl methyl sites for hydroxylation is 1. The summed E-state index contributed by atoms with van der Waals surface area (Å²) in [5.74, 6) is -1.44. The Kier molecular flexibility index (Phi) is 8.78. The number of hydrogen-bond acceptors (Lipinski definition) is 7. The van der Waals surface area contributed by atoms with Crippen molar-refractivity contribution in [3.63, 3.8) is 0 Å². The molecular weight excluding hydrogens is 578 g/mol. The van der Waals surface area contributed by atoms with Crippen molar-refractivity contribution in [3.8, 4) is 16.9 Å². The van der Waals surface area contributed by atoms with Crippen LogP contribution < -0.4 is 9.50 Å². The molecule has 4 aromatic rings. The van der Waals surface area contributed by atoms with Crippen LogP contribution in [-0.4, -0.2) is 39.2 Å². The maximum atomic E-state index is 13.2. The van der Waals surface area contributed by atoms with E-state index < -0.39 is 33.7 Å². The summed E-state index contributed by atoms with van der Waals surface area (Å²) in [5, 5.41) is 2.71. The molecule has 44 heavy (non-hydrogen) atoms. The highest BCUT2D eigenvalue weighted by Crippen LogP contribution is 2.44. The van der Waals surface area contributed by atoms with E-state index in [2.05, 4.69) is 17.4 Å². The third kappa shape index (κ3) is 7.11. The SMILES string of the molecule is Cc1ccc(S(=O)(=O)Oc2ccc(C(CNC(=O)OCC3c4ccccc4-c4ccccc43)C(=O)OC(C)(C)C)cc2)cc1. The van der Waals surface area contributed by atoms with Crippen molar-refractivity contribution < 1.29 is 31.7 Å². The van der Waals surface area contributed by atoms with Gasteiger partial charge in [0.2, 0.25) is 0 Å². The molecule has 1 aliphatic rings. The maximum Gasteiger partial charge on any atom is 0.407 e. The first-order valence-electron chi connectivity index (χ1n) is 14.3. The van der Waals surface area contributed by atoms with E-state index in [1.807, 2.05) is 43.3 Å². The summed E-state index contributed by atoms with van der Waals surface area (Å²) < 4.78 is 42.0. The van der Waals surface area contributed by atoms with Crippen molar-refractivity contribution in [2.75, 3.05) is 13.2 Å². The van der Waals surface area contributed by atoms with Crippen molar-refractivity contribution in [1.82, 2.24) is 5.32 Å². The van der Waals surface area contributed by atoms with Crippen LogP contribution in [0.3, 0.4) is 0 Å². The normalized spacial score (nSPS) is 13.4. The van der Waals surface area contributed by atoms with Gasteiger partial charge in [-0.05, 0) is 79.8 Å². The van der Waals surface area contributed by atoms with E-state index in [0.717, 1.165) is 27.8 Å². The molecule has 0 radical (unpaired) electrons. The molecular formula is C35H35NO7S. The van der Waals surface area contributed by atoms with Crippen LogP contribution in [0, 0.1) is 6.92 Å². The van der Waals surface area contributed by atoms with Gasteiger partial charge in [0.15, 0.2) is 0 Å². The lowest BCUT2D eigenvalue weighted by molar-refractivity contribution is -0.156. The van der Waals surface area contributed by atoms with E-state index in [1.54, 1.807) is 45.0 Å². The summed E-state index contributed by atoms with van der Waals surface area (Å²) in [4.78, 5) is 26.1. The Morgan fingerprint density at radius 3 is 1.95 bits per heavy atom. The van der Waals surface area contributed by atoms with Crippen LogP contribution in [0.15, 0.2) is 102 Å². The topological polar surface area (TPSA) is 108 Å². The molecule has 4 aromatic carbocycles. The second-order valence-electron chi connectivity index (χ2n) is 11.7. The molecule has 1 unspecified atom stereocenters. The standard InChI is InChI=1S/C35H35NO7S/c1-23-13-19-26(20-14-23)44(39,40)43-25-17-15-24(16-18-25)31(33(37)42-35(2,3)4)21-36-34(38)41-22-32-29-11-7-5-9-27(29)28-10-6-8-12-30(28)32/h5-20,31-32H,21-22H2,1-4H3,(H,36,38). The van der Waals surface area contributed by atoms with Crippen LogP contribution in [0.1, 0.15) is 54.9 Å². The van der Waals surface area contributed by atoms with E-state index in [0.29, 0.717) is 5.56 Å². The third-order valence-electron chi connectivity index (χ3n) is 7.28. The lowest BCUT2D eigenvalue weighted by Gasteiger charge is -2.24. The summed E-state index contributed by atoms with van der Waals surface area (Å²) in [6, 6.07) is 28.5. The van der Waals surface area contributed by atoms with Gasteiger partial charge in [-0.15, -0.1) is 0 Å². The molecule has 0 heterocycles. The fourth-order valence-corrected chi connectivity index (χ4v) is 6.11. The van der Waals surface area contributed by atoms with Gasteiger partial charge < -0.3 is 19.0 Å². The minimum Gasteiger partial charge on any atom is -0.459 e. The van der Waals surface area contributed by atoms with Crippen LogP contribution in [0.4, 0.5) is 4.79 Å². The van der Waals surface area contributed by atoms with Gasteiger partial charge in [-0.2, -0.15) is 8.42 Å². The Morgan fingerprint density at radius 1 is 0.818 bits per heavy atom. The zero-order valence-corrected chi connectivity index (χ0v) is 25.9. The molecule has 9 heteroatoms. The number of carbonyl (C=O) groups excluding carboxylic acids is 2. The molecule has 0 saturated carbocycles. The third-order valence-corrected chi connectivity index (χ3v) is 8.54. The fraction of sp³-hybridized carbons (Fsp3) is 0.257. The van der Waals surface area contributed by atoms with Gasteiger partial charge >= 0.3 is 22.2 Å². The molecule has 1 N–H and O–H groups in total. The summed E-state index contributed by atoms with van der Waals surface area (Å²) in [5.41, 5.74) is 5.12. The van der Waals surface area contributed by atoms with Gasteiger partial charge in [-0.3, -0.25) is 4.79 Å². The predicted octanol–water partition coefficient (Wildman–Crippen LogP) is 6.73. The smallest absolute Gasteiger partial charge is 0.407 e. The molecule has 0 saturated heterocycles. The molecule has 0 aromatic heterocycles. The summed E-state index contributed by atoms with van der Waals surface area (Å²) in [7, 11) is -4.04. The largest absolute Gasteiger partial charge is 0.459 e. The summed E-state index contributed by atoms with van der Waals surface area (Å²) in [6.07, 6.45) is -0.662. The van der Waals surface area contributed by atoms with Crippen LogP contribution in [0.5, 0.6) is 5.75 Å². The first-order chi connectivity index (χ1) is 20.9. The number of carbonyl (C=O) groups is 2. The zero-order chi connectivity index (χ0) is 31.5. The molecule has 0 aliphatic heterocycles. The molecule has 1 aliphatic carbocycles. The van der Waals surface area contributed by atoms with E-state index in [9.17, 15) is 18.0 Å². The Hall–Kier alpha value is -4.63. The van der Waals surface area contributed by atoms with Crippen molar-refractivity contribution in [2.45, 2.75) is 50.0 Å². The molecule has 228 valence electrons. The molecule has 0 bridgehead atoms. The second kappa shape index (κ2) is 12.5. The van der Waals surface area contributed by atoms with Gasteiger partial charge in [0.25, 0.3) is 0 Å². The van der Waals surface area contributed by atoms with E-state index >= 15 is 0 Å². The zero-order valence-electron chi connectivity index (χ0n) is 25.1. The predicted molar refractivity (Wildman–Crippen MR) is 167 cm³/mol. The average Bonchev–Trinajstić information content (AvgIpc) is 3.30. The minimum absolute atomic E-state index is 0.0334. The van der Waals surface area contributed by atoms with Gasteiger partial charge in [0.1, 0.15) is 22.9 Å². The van der Waals surface area contributed by atoms with Crippen molar-refractivity contribution in [3.05, 3.63) is 119 Å². The highest BCUT2D eigenvalue weighted by atomic mass is 32.2. The number of alkyl carbamates (subject to hydrolysis) is 1. The highest BCUT2D eigenvalue weighted by molar-refractivity contribution is 7.87. The first-order valence-corrected chi connectivity index (χ1v) is 15.7. The van der Waals surface area contributed by atoms with Crippen LogP contribution in [-0.2, 0) is 24.4 Å². The second-order valence-corrected chi connectivity index (χ2v) is 13.3. The average molecular weight is 614 g/mol. The van der Waals surface area contributed by atoms with Crippen LogP contribution in [0.2, 0.25) is 0 Å². The molecule has 1 atom stereocenters. The van der Waals surface area contributed by atoms with E-state index in [4.69, 9.17) is 13.7 Å². The number of ether oxygens (including phenoxy) is 2. The van der Waals surface area contributed by atoms with E-state index in [-0.39, 0.29) is 29.7 Å².